The van der Waals surface area contributed by atoms with Crippen LogP contribution in [0.4, 0.5) is 5.69 Å². The summed E-state index contributed by atoms with van der Waals surface area (Å²) >= 11 is 0. The topological polar surface area (TPSA) is 105 Å². The zero-order chi connectivity index (χ0) is 17.3. The third kappa shape index (κ3) is 3.03. The lowest BCUT2D eigenvalue weighted by molar-refractivity contribution is 0.102. The van der Waals surface area contributed by atoms with Gasteiger partial charge >= 0.3 is 0 Å². The third-order valence-electron chi connectivity index (χ3n) is 4.14. The molecular weight excluding hydrogens is 328 g/mol. The third-order valence-corrected chi connectivity index (χ3v) is 5.89. The maximum atomic E-state index is 12.5. The monoisotopic (exact) mass is 344 g/mol. The van der Waals surface area contributed by atoms with Crippen LogP contribution in [0.3, 0.4) is 0 Å². The van der Waals surface area contributed by atoms with E-state index in [9.17, 15) is 13.2 Å². The molecule has 1 fully saturated rings. The highest BCUT2D eigenvalue weighted by Crippen LogP contribution is 2.25. The number of hydrogen-bond donors (Lipinski definition) is 1. The van der Waals surface area contributed by atoms with Crippen molar-refractivity contribution in [1.82, 2.24) is 9.78 Å². The van der Waals surface area contributed by atoms with Crippen LogP contribution in [0.5, 0.6) is 0 Å². The predicted octanol–water partition coefficient (Wildman–Crippen LogP) is 1.68. The number of carbonyl (C=O) groups excluding carboxylic acids is 1. The minimum atomic E-state index is -3.03. The molecule has 2 heterocycles. The smallest absolute Gasteiger partial charge is 0.259 e. The van der Waals surface area contributed by atoms with Crippen molar-refractivity contribution in [3.05, 3.63) is 47.3 Å². The van der Waals surface area contributed by atoms with E-state index in [1.165, 1.54) is 6.20 Å². The molecule has 1 unspecified atom stereocenters. The molecule has 0 aliphatic carbocycles. The summed E-state index contributed by atoms with van der Waals surface area (Å²) in [6, 6.07) is 8.52. The first kappa shape index (κ1) is 16.2. The van der Waals surface area contributed by atoms with Crippen molar-refractivity contribution in [1.29, 1.82) is 5.26 Å². The lowest BCUT2D eigenvalue weighted by Crippen LogP contribution is -2.17. The summed E-state index contributed by atoms with van der Waals surface area (Å²) in [6.45, 7) is 1.74. The van der Waals surface area contributed by atoms with Crippen molar-refractivity contribution in [2.45, 2.75) is 19.4 Å². The van der Waals surface area contributed by atoms with Gasteiger partial charge in [0, 0.05) is 5.69 Å². The molecule has 124 valence electrons. The number of para-hydroxylation sites is 1. The Hall–Kier alpha value is -2.66. The molecule has 1 atom stereocenters. The van der Waals surface area contributed by atoms with E-state index in [0.717, 1.165) is 0 Å². The molecule has 8 heteroatoms. The summed E-state index contributed by atoms with van der Waals surface area (Å²) < 4.78 is 24.9. The highest BCUT2D eigenvalue weighted by Gasteiger charge is 2.31. The minimum Gasteiger partial charge on any atom is -0.321 e. The molecule has 0 spiro atoms. The van der Waals surface area contributed by atoms with Crippen molar-refractivity contribution in [2.24, 2.45) is 0 Å². The van der Waals surface area contributed by atoms with Crippen LogP contribution in [-0.4, -0.2) is 35.6 Å². The van der Waals surface area contributed by atoms with E-state index in [4.69, 9.17) is 5.26 Å². The molecule has 2 aromatic rings. The van der Waals surface area contributed by atoms with E-state index in [1.807, 2.05) is 6.07 Å². The molecule has 1 aliphatic rings. The second kappa shape index (κ2) is 6.09. The SMILES string of the molecule is Cc1c(C(=O)Nc2ccccc2C#N)cnn1C1CCS(=O)(=O)C1. The van der Waals surface area contributed by atoms with E-state index in [0.29, 0.717) is 28.9 Å². The zero-order valence-electron chi connectivity index (χ0n) is 13.1. The number of anilines is 1. The molecule has 1 N–H and O–H groups in total. The average molecular weight is 344 g/mol. The maximum absolute atomic E-state index is 12.5. The zero-order valence-corrected chi connectivity index (χ0v) is 13.9. The Bertz CT molecular complexity index is 940. The first-order valence-corrected chi connectivity index (χ1v) is 9.28. The van der Waals surface area contributed by atoms with Gasteiger partial charge in [0.2, 0.25) is 0 Å². The highest BCUT2D eigenvalue weighted by atomic mass is 32.2. The quantitative estimate of drug-likeness (QED) is 0.912. The van der Waals surface area contributed by atoms with E-state index in [1.54, 1.807) is 35.9 Å². The molecular formula is C16H16N4O3S. The predicted molar refractivity (Wildman–Crippen MR) is 88.4 cm³/mol. The van der Waals surface area contributed by atoms with E-state index in [-0.39, 0.29) is 23.5 Å². The summed E-state index contributed by atoms with van der Waals surface area (Å²) in [4.78, 5) is 12.5. The Kier molecular flexibility index (Phi) is 4.11. The van der Waals surface area contributed by atoms with Gasteiger partial charge in [-0.2, -0.15) is 10.4 Å². The second-order valence-electron chi connectivity index (χ2n) is 5.76. The average Bonchev–Trinajstić information content (AvgIpc) is 3.10. The fourth-order valence-electron chi connectivity index (χ4n) is 2.86. The fraction of sp³-hybridized carbons (Fsp3) is 0.312. The standard InChI is InChI=1S/C16H16N4O3S/c1-11-14(9-18-20(11)13-6-7-24(22,23)10-13)16(21)19-15-5-3-2-4-12(15)8-17/h2-5,9,13H,6-7,10H2,1H3,(H,19,21). The first-order valence-electron chi connectivity index (χ1n) is 7.46. The van der Waals surface area contributed by atoms with E-state index in [2.05, 4.69) is 10.4 Å². The Morgan fingerprint density at radius 1 is 1.42 bits per heavy atom. The van der Waals surface area contributed by atoms with Crippen molar-refractivity contribution in [3.63, 3.8) is 0 Å². The molecule has 1 aromatic heterocycles. The Labute approximate surface area is 139 Å². The van der Waals surface area contributed by atoms with Crippen LogP contribution >= 0.6 is 0 Å². The Morgan fingerprint density at radius 3 is 2.83 bits per heavy atom. The summed E-state index contributed by atoms with van der Waals surface area (Å²) in [5, 5.41) is 16.0. The minimum absolute atomic E-state index is 0.0494. The Balaban J connectivity index is 1.83. The molecule has 3 rings (SSSR count). The molecule has 24 heavy (non-hydrogen) atoms. The van der Waals surface area contributed by atoms with Crippen molar-refractivity contribution in [3.8, 4) is 6.07 Å². The van der Waals surface area contributed by atoms with Gasteiger partial charge in [-0.25, -0.2) is 8.42 Å². The van der Waals surface area contributed by atoms with Gasteiger partial charge in [0.25, 0.3) is 5.91 Å². The lowest BCUT2D eigenvalue weighted by atomic mass is 10.1. The number of nitriles is 1. The summed E-state index contributed by atoms with van der Waals surface area (Å²) in [5.74, 6) is -0.177. The summed E-state index contributed by atoms with van der Waals surface area (Å²) in [6.07, 6.45) is 1.94. The van der Waals surface area contributed by atoms with E-state index >= 15 is 0 Å². The van der Waals surface area contributed by atoms with Crippen LogP contribution < -0.4 is 5.32 Å². The molecule has 0 saturated carbocycles. The van der Waals surface area contributed by atoms with Crippen molar-refractivity contribution < 1.29 is 13.2 Å². The number of benzene rings is 1. The van der Waals surface area contributed by atoms with Crippen LogP contribution in [-0.2, 0) is 9.84 Å². The van der Waals surface area contributed by atoms with Gasteiger partial charge in [-0.05, 0) is 25.5 Å². The fourth-order valence-corrected chi connectivity index (χ4v) is 4.55. The summed E-state index contributed by atoms with van der Waals surface area (Å²) in [7, 11) is -3.03. The van der Waals surface area contributed by atoms with Gasteiger partial charge in [0.15, 0.2) is 9.84 Å². The van der Waals surface area contributed by atoms with Gasteiger partial charge in [0.1, 0.15) is 6.07 Å². The number of carbonyl (C=O) groups is 1. The highest BCUT2D eigenvalue weighted by molar-refractivity contribution is 7.91. The van der Waals surface area contributed by atoms with E-state index < -0.39 is 9.84 Å². The second-order valence-corrected chi connectivity index (χ2v) is 7.99. The van der Waals surface area contributed by atoms with Gasteiger partial charge in [-0.3, -0.25) is 9.48 Å². The summed E-state index contributed by atoms with van der Waals surface area (Å²) in [5.41, 5.74) is 1.79. The van der Waals surface area contributed by atoms with Gasteiger partial charge in [0.05, 0.1) is 40.6 Å². The normalized spacial score (nSPS) is 18.9. The molecule has 0 radical (unpaired) electrons. The number of sulfone groups is 1. The molecule has 1 saturated heterocycles. The van der Waals surface area contributed by atoms with Crippen LogP contribution in [0.15, 0.2) is 30.5 Å². The van der Waals surface area contributed by atoms with Crippen LogP contribution in [0, 0.1) is 18.3 Å². The molecule has 1 aromatic carbocycles. The lowest BCUT2D eigenvalue weighted by Gasteiger charge is -2.11. The number of nitrogens with one attached hydrogen (secondary N) is 1. The number of nitrogens with zero attached hydrogens (tertiary/aromatic N) is 3. The Morgan fingerprint density at radius 2 is 2.17 bits per heavy atom. The van der Waals surface area contributed by atoms with Gasteiger partial charge in [-0.1, -0.05) is 12.1 Å². The first-order chi connectivity index (χ1) is 11.4. The molecule has 1 aliphatic heterocycles. The number of hydrogen-bond acceptors (Lipinski definition) is 5. The molecule has 0 bridgehead atoms. The largest absolute Gasteiger partial charge is 0.321 e. The maximum Gasteiger partial charge on any atom is 0.259 e. The number of rotatable bonds is 3. The van der Waals surface area contributed by atoms with Crippen molar-refractivity contribution in [2.75, 3.05) is 16.8 Å². The van der Waals surface area contributed by atoms with Gasteiger partial charge in [-0.15, -0.1) is 0 Å². The van der Waals surface area contributed by atoms with Gasteiger partial charge < -0.3 is 5.32 Å². The molecule has 7 nitrogen and oxygen atoms in total. The van der Waals surface area contributed by atoms with Crippen LogP contribution in [0.2, 0.25) is 0 Å². The van der Waals surface area contributed by atoms with Crippen molar-refractivity contribution >= 4 is 21.4 Å². The number of aromatic nitrogens is 2. The van der Waals surface area contributed by atoms with Crippen LogP contribution in [0.1, 0.15) is 34.1 Å². The number of amides is 1. The van der Waals surface area contributed by atoms with Crippen LogP contribution in [0.25, 0.3) is 0 Å². The molecule has 1 amide bonds.